The van der Waals surface area contributed by atoms with Crippen molar-refractivity contribution >= 4 is 11.6 Å². The molecule has 1 aromatic heterocycles. The predicted octanol–water partition coefficient (Wildman–Crippen LogP) is 2.30. The number of nitrogens with two attached hydrogens (primary N) is 1. The van der Waals surface area contributed by atoms with Gasteiger partial charge in [-0.1, -0.05) is 0 Å². The van der Waals surface area contributed by atoms with Crippen molar-refractivity contribution in [2.24, 2.45) is 0 Å². The Bertz CT molecular complexity index is 468. The first-order chi connectivity index (χ1) is 8.26. The summed E-state index contributed by atoms with van der Waals surface area (Å²) in [6.07, 6.45) is 3.56. The molecule has 0 fully saturated rings. The Labute approximate surface area is 102 Å². The molecule has 4 heteroatoms. The van der Waals surface area contributed by atoms with E-state index in [1.165, 1.54) is 5.69 Å². The first kappa shape index (κ1) is 11.5. The molecule has 90 valence electrons. The lowest BCUT2D eigenvalue weighted by atomic mass is 10.2. The molecule has 4 nitrogen and oxygen atoms in total. The van der Waals surface area contributed by atoms with Gasteiger partial charge in [-0.15, -0.1) is 0 Å². The van der Waals surface area contributed by atoms with Gasteiger partial charge in [-0.3, -0.25) is 4.57 Å². The maximum atomic E-state index is 5.76. The molecule has 0 amide bonds. The molecule has 2 aromatic rings. The largest absolute Gasteiger partial charge is 0.372 e. The fourth-order valence-corrected chi connectivity index (χ4v) is 1.95. The van der Waals surface area contributed by atoms with Crippen molar-refractivity contribution in [3.8, 4) is 5.69 Å². The monoisotopic (exact) mass is 230 g/mol. The summed E-state index contributed by atoms with van der Waals surface area (Å²) in [5, 5.41) is 0. The Hall–Kier alpha value is -1.97. The number of benzene rings is 1. The standard InChI is InChI=1S/C13H18N4/c1-3-16(4-2)11-5-7-12(8-6-11)17-10-9-15-13(17)14/h5-10H,3-4H2,1-2H3,(H2,14,15). The zero-order valence-corrected chi connectivity index (χ0v) is 10.3. The van der Waals surface area contributed by atoms with E-state index in [9.17, 15) is 0 Å². The molecule has 0 aliphatic heterocycles. The van der Waals surface area contributed by atoms with Crippen LogP contribution in [-0.4, -0.2) is 22.6 Å². The van der Waals surface area contributed by atoms with Crippen LogP contribution >= 0.6 is 0 Å². The molecule has 0 saturated carbocycles. The van der Waals surface area contributed by atoms with E-state index in [4.69, 9.17) is 5.73 Å². The van der Waals surface area contributed by atoms with E-state index in [1.807, 2.05) is 10.8 Å². The van der Waals surface area contributed by atoms with E-state index in [-0.39, 0.29) is 0 Å². The second-order valence-electron chi connectivity index (χ2n) is 3.84. The average molecular weight is 230 g/mol. The highest BCUT2D eigenvalue weighted by Gasteiger charge is 2.03. The minimum absolute atomic E-state index is 0.514. The summed E-state index contributed by atoms with van der Waals surface area (Å²) in [5.74, 6) is 0.514. The third-order valence-corrected chi connectivity index (χ3v) is 2.93. The Morgan fingerprint density at radius 1 is 1.18 bits per heavy atom. The molecule has 2 rings (SSSR count). The number of aromatic nitrogens is 2. The number of hydrogen-bond acceptors (Lipinski definition) is 3. The Morgan fingerprint density at radius 2 is 1.82 bits per heavy atom. The van der Waals surface area contributed by atoms with Gasteiger partial charge in [0.15, 0.2) is 0 Å². The number of anilines is 2. The van der Waals surface area contributed by atoms with Gasteiger partial charge < -0.3 is 10.6 Å². The lowest BCUT2D eigenvalue weighted by Gasteiger charge is -2.21. The van der Waals surface area contributed by atoms with E-state index < -0.39 is 0 Å². The Kier molecular flexibility index (Phi) is 3.32. The van der Waals surface area contributed by atoms with E-state index >= 15 is 0 Å². The van der Waals surface area contributed by atoms with Crippen LogP contribution in [0.3, 0.4) is 0 Å². The normalized spacial score (nSPS) is 10.5. The van der Waals surface area contributed by atoms with E-state index in [0.717, 1.165) is 18.8 Å². The van der Waals surface area contributed by atoms with Crippen molar-refractivity contribution < 1.29 is 0 Å². The van der Waals surface area contributed by atoms with Crippen molar-refractivity contribution in [2.45, 2.75) is 13.8 Å². The molecule has 0 radical (unpaired) electrons. The van der Waals surface area contributed by atoms with Crippen molar-refractivity contribution in [3.05, 3.63) is 36.7 Å². The van der Waals surface area contributed by atoms with Gasteiger partial charge in [-0.25, -0.2) is 4.98 Å². The van der Waals surface area contributed by atoms with Crippen LogP contribution in [0.15, 0.2) is 36.7 Å². The van der Waals surface area contributed by atoms with Crippen LogP contribution in [0.25, 0.3) is 5.69 Å². The van der Waals surface area contributed by atoms with Crippen LogP contribution in [-0.2, 0) is 0 Å². The SMILES string of the molecule is CCN(CC)c1ccc(-n2ccnc2N)cc1. The summed E-state index contributed by atoms with van der Waals surface area (Å²) in [6.45, 7) is 6.35. The van der Waals surface area contributed by atoms with Crippen molar-refractivity contribution in [3.63, 3.8) is 0 Å². The molecular weight excluding hydrogens is 212 g/mol. The van der Waals surface area contributed by atoms with Gasteiger partial charge in [0.2, 0.25) is 5.95 Å². The number of imidazole rings is 1. The molecule has 1 aromatic carbocycles. The lowest BCUT2D eigenvalue weighted by molar-refractivity contribution is 0.866. The predicted molar refractivity (Wildman–Crippen MR) is 71.5 cm³/mol. The summed E-state index contributed by atoms with van der Waals surface area (Å²) in [5.41, 5.74) is 8.04. The van der Waals surface area contributed by atoms with Crippen LogP contribution in [0.4, 0.5) is 11.6 Å². The average Bonchev–Trinajstić information content (AvgIpc) is 2.78. The topological polar surface area (TPSA) is 47.1 Å². The van der Waals surface area contributed by atoms with Crippen LogP contribution in [0.2, 0.25) is 0 Å². The quantitative estimate of drug-likeness (QED) is 0.876. The van der Waals surface area contributed by atoms with Crippen molar-refractivity contribution in [2.75, 3.05) is 23.7 Å². The summed E-state index contributed by atoms with van der Waals surface area (Å²) in [4.78, 5) is 6.32. The smallest absolute Gasteiger partial charge is 0.204 e. The minimum Gasteiger partial charge on any atom is -0.372 e. The van der Waals surface area contributed by atoms with Gasteiger partial charge in [0.25, 0.3) is 0 Å². The number of nitrogens with zero attached hydrogens (tertiary/aromatic N) is 3. The van der Waals surface area contributed by atoms with Gasteiger partial charge in [0.05, 0.1) is 0 Å². The van der Waals surface area contributed by atoms with E-state index in [2.05, 4.69) is 48.0 Å². The van der Waals surface area contributed by atoms with Crippen molar-refractivity contribution in [1.29, 1.82) is 0 Å². The maximum absolute atomic E-state index is 5.76. The van der Waals surface area contributed by atoms with Gasteiger partial charge in [0.1, 0.15) is 0 Å². The third-order valence-electron chi connectivity index (χ3n) is 2.93. The molecule has 0 bridgehead atoms. The summed E-state index contributed by atoms with van der Waals surface area (Å²) < 4.78 is 1.87. The molecule has 0 unspecified atom stereocenters. The molecule has 0 aliphatic rings. The second-order valence-corrected chi connectivity index (χ2v) is 3.84. The Morgan fingerprint density at radius 3 is 2.29 bits per heavy atom. The fraction of sp³-hybridized carbons (Fsp3) is 0.308. The molecular formula is C13H18N4. The van der Waals surface area contributed by atoms with Gasteiger partial charge in [-0.05, 0) is 38.1 Å². The van der Waals surface area contributed by atoms with Crippen LogP contribution in [0.1, 0.15) is 13.8 Å². The highest BCUT2D eigenvalue weighted by molar-refractivity contribution is 5.52. The second kappa shape index (κ2) is 4.91. The molecule has 17 heavy (non-hydrogen) atoms. The molecule has 1 heterocycles. The number of nitrogen functional groups attached to an aromatic ring is 1. The Balaban J connectivity index is 2.27. The van der Waals surface area contributed by atoms with Gasteiger partial charge in [0, 0.05) is 36.9 Å². The zero-order valence-electron chi connectivity index (χ0n) is 10.3. The minimum atomic E-state index is 0.514. The van der Waals surface area contributed by atoms with Crippen LogP contribution in [0.5, 0.6) is 0 Å². The maximum Gasteiger partial charge on any atom is 0.204 e. The molecule has 2 N–H and O–H groups in total. The number of rotatable bonds is 4. The van der Waals surface area contributed by atoms with Gasteiger partial charge in [-0.2, -0.15) is 0 Å². The lowest BCUT2D eigenvalue weighted by Crippen LogP contribution is -2.21. The third kappa shape index (κ3) is 2.25. The van der Waals surface area contributed by atoms with E-state index in [1.54, 1.807) is 6.20 Å². The van der Waals surface area contributed by atoms with Gasteiger partial charge >= 0.3 is 0 Å². The molecule has 0 saturated heterocycles. The van der Waals surface area contributed by atoms with Crippen molar-refractivity contribution in [1.82, 2.24) is 9.55 Å². The highest BCUT2D eigenvalue weighted by Crippen LogP contribution is 2.18. The summed E-state index contributed by atoms with van der Waals surface area (Å²) in [6, 6.07) is 8.35. The highest BCUT2D eigenvalue weighted by atomic mass is 15.1. The zero-order chi connectivity index (χ0) is 12.3. The molecule has 0 atom stereocenters. The first-order valence-corrected chi connectivity index (χ1v) is 5.90. The fourth-order valence-electron chi connectivity index (χ4n) is 1.95. The molecule has 0 aliphatic carbocycles. The molecule has 0 spiro atoms. The van der Waals surface area contributed by atoms with E-state index in [0.29, 0.717) is 5.95 Å². The summed E-state index contributed by atoms with van der Waals surface area (Å²) in [7, 11) is 0. The van der Waals surface area contributed by atoms with Crippen LogP contribution < -0.4 is 10.6 Å². The number of hydrogen-bond donors (Lipinski definition) is 1. The van der Waals surface area contributed by atoms with Crippen LogP contribution in [0, 0.1) is 0 Å². The first-order valence-electron chi connectivity index (χ1n) is 5.90. The summed E-state index contributed by atoms with van der Waals surface area (Å²) >= 11 is 0.